The highest BCUT2D eigenvalue weighted by Crippen LogP contribution is 2.31. The zero-order chi connectivity index (χ0) is 19.2. The second kappa shape index (κ2) is 8.37. The standard InChI is InChI=1S/C20H20N2O5/c1-3-26-14-10-8-13(9-11-14)21-20(24)19-18(22-17(23)12-25-2)15-6-4-5-7-16(15)27-19/h4-11H,3,12H2,1-2H3,(H,21,24)(H,22,23). The van der Waals surface area contributed by atoms with Gasteiger partial charge in [-0.05, 0) is 43.3 Å². The number of furan rings is 1. The largest absolute Gasteiger partial charge is 0.494 e. The normalized spacial score (nSPS) is 10.6. The number of rotatable bonds is 7. The van der Waals surface area contributed by atoms with Crippen LogP contribution in [0.4, 0.5) is 11.4 Å². The minimum Gasteiger partial charge on any atom is -0.494 e. The van der Waals surface area contributed by atoms with Crippen molar-refractivity contribution in [3.63, 3.8) is 0 Å². The van der Waals surface area contributed by atoms with Gasteiger partial charge in [-0.15, -0.1) is 0 Å². The molecule has 1 heterocycles. The quantitative estimate of drug-likeness (QED) is 0.664. The van der Waals surface area contributed by atoms with Gasteiger partial charge in [0, 0.05) is 18.2 Å². The lowest BCUT2D eigenvalue weighted by Crippen LogP contribution is -2.20. The van der Waals surface area contributed by atoms with Gasteiger partial charge in [-0.2, -0.15) is 0 Å². The van der Waals surface area contributed by atoms with Crippen molar-refractivity contribution in [2.75, 3.05) is 31.0 Å². The van der Waals surface area contributed by atoms with E-state index in [0.29, 0.717) is 34.7 Å². The molecule has 0 fully saturated rings. The van der Waals surface area contributed by atoms with Gasteiger partial charge in [0.15, 0.2) is 0 Å². The molecule has 0 saturated carbocycles. The van der Waals surface area contributed by atoms with E-state index in [-0.39, 0.29) is 18.3 Å². The van der Waals surface area contributed by atoms with Crippen molar-refractivity contribution in [3.05, 3.63) is 54.3 Å². The molecule has 0 spiro atoms. The van der Waals surface area contributed by atoms with Gasteiger partial charge < -0.3 is 24.5 Å². The van der Waals surface area contributed by atoms with Crippen LogP contribution in [-0.4, -0.2) is 32.1 Å². The number of carbonyl (C=O) groups excluding carboxylic acids is 2. The molecule has 2 aromatic carbocycles. The zero-order valence-electron chi connectivity index (χ0n) is 15.1. The zero-order valence-corrected chi connectivity index (χ0v) is 15.1. The lowest BCUT2D eigenvalue weighted by molar-refractivity contribution is -0.119. The highest BCUT2D eigenvalue weighted by Gasteiger charge is 2.22. The fourth-order valence-electron chi connectivity index (χ4n) is 2.63. The third kappa shape index (κ3) is 4.27. The Morgan fingerprint density at radius 2 is 1.78 bits per heavy atom. The number of hydrogen-bond acceptors (Lipinski definition) is 5. The fourth-order valence-corrected chi connectivity index (χ4v) is 2.63. The molecule has 2 N–H and O–H groups in total. The number of anilines is 2. The number of para-hydroxylation sites is 1. The summed E-state index contributed by atoms with van der Waals surface area (Å²) in [6.07, 6.45) is 0. The van der Waals surface area contributed by atoms with Crippen LogP contribution in [0.15, 0.2) is 52.9 Å². The van der Waals surface area contributed by atoms with Crippen molar-refractivity contribution in [1.29, 1.82) is 0 Å². The number of nitrogens with one attached hydrogen (secondary N) is 2. The molecule has 0 unspecified atom stereocenters. The van der Waals surface area contributed by atoms with Crippen molar-refractivity contribution in [3.8, 4) is 5.75 Å². The van der Waals surface area contributed by atoms with Crippen LogP contribution >= 0.6 is 0 Å². The summed E-state index contributed by atoms with van der Waals surface area (Å²) in [6, 6.07) is 14.1. The summed E-state index contributed by atoms with van der Waals surface area (Å²) in [6.45, 7) is 2.34. The maximum atomic E-state index is 12.7. The SMILES string of the molecule is CCOc1ccc(NC(=O)c2oc3ccccc3c2NC(=O)COC)cc1. The van der Waals surface area contributed by atoms with Crippen LogP contribution in [0.25, 0.3) is 11.0 Å². The Kier molecular flexibility index (Phi) is 5.73. The molecule has 3 rings (SSSR count). The highest BCUT2D eigenvalue weighted by molar-refractivity contribution is 6.14. The monoisotopic (exact) mass is 368 g/mol. The fraction of sp³-hybridized carbons (Fsp3) is 0.200. The van der Waals surface area contributed by atoms with Crippen LogP contribution in [0.2, 0.25) is 0 Å². The molecule has 2 amide bonds. The number of carbonyl (C=O) groups is 2. The Bertz CT molecular complexity index is 947. The molecule has 1 aromatic heterocycles. The molecule has 3 aromatic rings. The van der Waals surface area contributed by atoms with Crippen LogP contribution in [-0.2, 0) is 9.53 Å². The van der Waals surface area contributed by atoms with Gasteiger partial charge in [-0.3, -0.25) is 9.59 Å². The van der Waals surface area contributed by atoms with E-state index >= 15 is 0 Å². The summed E-state index contributed by atoms with van der Waals surface area (Å²) in [4.78, 5) is 24.7. The number of fused-ring (bicyclic) bond motifs is 1. The Morgan fingerprint density at radius 3 is 2.48 bits per heavy atom. The summed E-state index contributed by atoms with van der Waals surface area (Å²) >= 11 is 0. The minimum absolute atomic E-state index is 0.0227. The van der Waals surface area contributed by atoms with E-state index in [0.717, 1.165) is 0 Å². The topological polar surface area (TPSA) is 89.8 Å². The average molecular weight is 368 g/mol. The molecule has 0 aliphatic rings. The van der Waals surface area contributed by atoms with Crippen LogP contribution < -0.4 is 15.4 Å². The molecule has 27 heavy (non-hydrogen) atoms. The smallest absolute Gasteiger partial charge is 0.293 e. The van der Waals surface area contributed by atoms with Crippen molar-refractivity contribution in [1.82, 2.24) is 0 Å². The summed E-state index contributed by atoms with van der Waals surface area (Å²) in [7, 11) is 1.42. The van der Waals surface area contributed by atoms with Gasteiger partial charge in [0.1, 0.15) is 23.6 Å². The van der Waals surface area contributed by atoms with Gasteiger partial charge in [-0.1, -0.05) is 12.1 Å². The van der Waals surface area contributed by atoms with Gasteiger partial charge in [0.25, 0.3) is 5.91 Å². The lowest BCUT2D eigenvalue weighted by Gasteiger charge is -2.08. The van der Waals surface area contributed by atoms with Gasteiger partial charge in [-0.25, -0.2) is 0 Å². The van der Waals surface area contributed by atoms with Crippen LogP contribution in [0, 0.1) is 0 Å². The maximum absolute atomic E-state index is 12.7. The third-order valence-electron chi connectivity index (χ3n) is 3.76. The first-order chi connectivity index (χ1) is 13.1. The molecule has 0 saturated heterocycles. The van der Waals surface area contributed by atoms with Crippen LogP contribution in [0.1, 0.15) is 17.5 Å². The summed E-state index contributed by atoms with van der Waals surface area (Å²) in [5.74, 6) is -0.108. The predicted molar refractivity (Wildman–Crippen MR) is 102 cm³/mol. The summed E-state index contributed by atoms with van der Waals surface area (Å²) in [5, 5.41) is 6.09. The minimum atomic E-state index is -0.469. The highest BCUT2D eigenvalue weighted by atomic mass is 16.5. The molecule has 0 atom stereocenters. The molecule has 0 aliphatic carbocycles. The number of methoxy groups -OCH3 is 1. The first kappa shape index (κ1) is 18.5. The van der Waals surface area contributed by atoms with Crippen molar-refractivity contribution < 1.29 is 23.5 Å². The molecule has 7 heteroatoms. The van der Waals surface area contributed by atoms with E-state index in [1.165, 1.54) is 7.11 Å². The predicted octanol–water partition coefficient (Wildman–Crippen LogP) is 3.67. The van der Waals surface area contributed by atoms with Gasteiger partial charge >= 0.3 is 0 Å². The van der Waals surface area contributed by atoms with Crippen LogP contribution in [0.5, 0.6) is 5.75 Å². The number of amides is 2. The molecule has 0 aliphatic heterocycles. The van der Waals surface area contributed by atoms with Gasteiger partial charge in [0.05, 0.1) is 6.61 Å². The average Bonchev–Trinajstić information content (AvgIpc) is 3.02. The van der Waals surface area contributed by atoms with E-state index < -0.39 is 5.91 Å². The molecular weight excluding hydrogens is 348 g/mol. The molecule has 7 nitrogen and oxygen atoms in total. The third-order valence-corrected chi connectivity index (χ3v) is 3.76. The van der Waals surface area contributed by atoms with E-state index in [1.54, 1.807) is 48.5 Å². The van der Waals surface area contributed by atoms with Crippen molar-refractivity contribution in [2.24, 2.45) is 0 Å². The Morgan fingerprint density at radius 1 is 1.04 bits per heavy atom. The molecule has 140 valence electrons. The summed E-state index contributed by atoms with van der Waals surface area (Å²) in [5.41, 5.74) is 1.40. The molecule has 0 bridgehead atoms. The van der Waals surface area contributed by atoms with Gasteiger partial charge in [0.2, 0.25) is 11.7 Å². The summed E-state index contributed by atoms with van der Waals surface area (Å²) < 4.78 is 15.9. The lowest BCUT2D eigenvalue weighted by atomic mass is 10.2. The van der Waals surface area contributed by atoms with Crippen LogP contribution in [0.3, 0.4) is 0 Å². The Labute approximate surface area is 156 Å². The molecule has 0 radical (unpaired) electrons. The van der Waals surface area contributed by atoms with Crippen molar-refractivity contribution >= 4 is 34.2 Å². The second-order valence-corrected chi connectivity index (χ2v) is 5.70. The van der Waals surface area contributed by atoms with E-state index in [1.807, 2.05) is 6.92 Å². The molecular formula is C20H20N2O5. The van der Waals surface area contributed by atoms with E-state index in [2.05, 4.69) is 10.6 Å². The first-order valence-corrected chi connectivity index (χ1v) is 8.47. The Balaban J connectivity index is 1.87. The maximum Gasteiger partial charge on any atom is 0.293 e. The number of ether oxygens (including phenoxy) is 2. The van der Waals surface area contributed by atoms with Crippen molar-refractivity contribution in [2.45, 2.75) is 6.92 Å². The van der Waals surface area contributed by atoms with E-state index in [4.69, 9.17) is 13.9 Å². The first-order valence-electron chi connectivity index (χ1n) is 8.47. The van der Waals surface area contributed by atoms with E-state index in [9.17, 15) is 9.59 Å². The second-order valence-electron chi connectivity index (χ2n) is 5.70. The number of benzene rings is 2. The number of hydrogen-bond donors (Lipinski definition) is 2. The Hall–Kier alpha value is -3.32.